The number of carbonyl (C=O) groups excluding carboxylic acids is 1. The van der Waals surface area contributed by atoms with Crippen molar-refractivity contribution in [3.05, 3.63) is 0 Å². The van der Waals surface area contributed by atoms with Crippen molar-refractivity contribution < 1.29 is 4.79 Å². The van der Waals surface area contributed by atoms with Crippen LogP contribution in [0.1, 0.15) is 47.0 Å². The lowest BCUT2D eigenvalue weighted by Gasteiger charge is -2.25. The molecular weight excluding hydrogens is 226 g/mol. The second kappa shape index (κ2) is 7.74. The Bertz CT molecular complexity index is 253. The van der Waals surface area contributed by atoms with Crippen molar-refractivity contribution in [3.63, 3.8) is 0 Å². The number of carbonyl (C=O) groups is 1. The highest BCUT2D eigenvalue weighted by atomic mass is 16.2. The Hall–Kier alpha value is -0.610. The molecule has 2 unspecified atom stereocenters. The summed E-state index contributed by atoms with van der Waals surface area (Å²) >= 11 is 0. The molecule has 1 heterocycles. The molecule has 1 aliphatic heterocycles. The molecule has 18 heavy (non-hydrogen) atoms. The normalized spacial score (nSPS) is 24.3. The van der Waals surface area contributed by atoms with Gasteiger partial charge in [0.05, 0.1) is 12.2 Å². The van der Waals surface area contributed by atoms with Gasteiger partial charge < -0.3 is 9.80 Å². The zero-order chi connectivity index (χ0) is 13.5. The van der Waals surface area contributed by atoms with Crippen molar-refractivity contribution >= 4 is 5.91 Å². The van der Waals surface area contributed by atoms with Gasteiger partial charge in [-0.3, -0.25) is 10.1 Å². The largest absolute Gasteiger partial charge is 0.326 e. The topological polar surface area (TPSA) is 35.6 Å². The number of hydrogen-bond donors (Lipinski definition) is 1. The van der Waals surface area contributed by atoms with E-state index in [9.17, 15) is 4.79 Å². The average Bonchev–Trinajstić information content (AvgIpc) is 2.71. The van der Waals surface area contributed by atoms with Crippen LogP contribution in [0.3, 0.4) is 0 Å². The van der Waals surface area contributed by atoms with Gasteiger partial charge in [-0.2, -0.15) is 0 Å². The van der Waals surface area contributed by atoms with Gasteiger partial charge in [-0.05, 0) is 38.9 Å². The van der Waals surface area contributed by atoms with E-state index >= 15 is 0 Å². The van der Waals surface area contributed by atoms with Crippen molar-refractivity contribution in [1.29, 1.82) is 0 Å². The minimum atomic E-state index is 0.0448. The lowest BCUT2D eigenvalue weighted by atomic mass is 10.2. The number of nitrogens with zero attached hydrogens (tertiary/aromatic N) is 2. The smallest absolute Gasteiger partial charge is 0.241 e. The molecule has 0 radical (unpaired) electrons. The standard InChI is InChI=1S/C14H29N3O/c1-5-12-14(18)17(13(6-2)15-12)11-9-10-16(7-3)8-4/h12-13,15H,5-11H2,1-4H3. The van der Waals surface area contributed by atoms with Gasteiger partial charge in [-0.25, -0.2) is 0 Å². The van der Waals surface area contributed by atoms with Crippen molar-refractivity contribution in [3.8, 4) is 0 Å². The molecule has 4 nitrogen and oxygen atoms in total. The van der Waals surface area contributed by atoms with E-state index in [1.54, 1.807) is 0 Å². The average molecular weight is 255 g/mol. The fraction of sp³-hybridized carbons (Fsp3) is 0.929. The van der Waals surface area contributed by atoms with Crippen LogP contribution in [0.4, 0.5) is 0 Å². The van der Waals surface area contributed by atoms with Gasteiger partial charge >= 0.3 is 0 Å². The van der Waals surface area contributed by atoms with Gasteiger partial charge in [0, 0.05) is 6.54 Å². The summed E-state index contributed by atoms with van der Waals surface area (Å²) in [6.07, 6.45) is 3.20. The zero-order valence-corrected chi connectivity index (χ0v) is 12.4. The van der Waals surface area contributed by atoms with Crippen LogP contribution in [0.2, 0.25) is 0 Å². The molecule has 1 fully saturated rings. The molecule has 1 N–H and O–H groups in total. The third-order valence-corrected chi connectivity index (χ3v) is 3.91. The molecule has 2 atom stereocenters. The maximum absolute atomic E-state index is 12.2. The van der Waals surface area contributed by atoms with E-state index in [0.29, 0.717) is 5.91 Å². The summed E-state index contributed by atoms with van der Waals surface area (Å²) < 4.78 is 0. The zero-order valence-electron chi connectivity index (χ0n) is 12.4. The van der Waals surface area contributed by atoms with Gasteiger partial charge in [0.15, 0.2) is 0 Å². The van der Waals surface area contributed by atoms with Crippen molar-refractivity contribution in [2.45, 2.75) is 59.2 Å². The lowest BCUT2D eigenvalue weighted by Crippen LogP contribution is -2.38. The van der Waals surface area contributed by atoms with Crippen LogP contribution in [0.25, 0.3) is 0 Å². The van der Waals surface area contributed by atoms with E-state index < -0.39 is 0 Å². The number of amides is 1. The molecule has 0 aromatic carbocycles. The molecule has 1 saturated heterocycles. The predicted octanol–water partition coefficient (Wildman–Crippen LogP) is 1.66. The fourth-order valence-corrected chi connectivity index (χ4v) is 2.65. The summed E-state index contributed by atoms with van der Waals surface area (Å²) in [5.74, 6) is 0.295. The minimum Gasteiger partial charge on any atom is -0.326 e. The molecule has 0 aromatic rings. The number of rotatable bonds is 8. The Kier molecular flexibility index (Phi) is 6.65. The van der Waals surface area contributed by atoms with Crippen molar-refractivity contribution in [2.24, 2.45) is 0 Å². The first-order valence-electron chi connectivity index (χ1n) is 7.46. The van der Waals surface area contributed by atoms with Crippen LogP contribution in [-0.2, 0) is 4.79 Å². The predicted molar refractivity (Wildman–Crippen MR) is 75.4 cm³/mol. The molecule has 4 heteroatoms. The molecule has 106 valence electrons. The summed E-state index contributed by atoms with van der Waals surface area (Å²) in [6.45, 7) is 12.8. The highest BCUT2D eigenvalue weighted by Gasteiger charge is 2.35. The molecule has 1 rings (SSSR count). The molecule has 1 amide bonds. The van der Waals surface area contributed by atoms with Crippen LogP contribution in [0.15, 0.2) is 0 Å². The van der Waals surface area contributed by atoms with Gasteiger partial charge in [0.2, 0.25) is 5.91 Å². The Morgan fingerprint density at radius 1 is 1.17 bits per heavy atom. The molecule has 0 aromatic heterocycles. The number of nitrogens with one attached hydrogen (secondary N) is 1. The Labute approximate surface area is 112 Å². The van der Waals surface area contributed by atoms with E-state index in [1.165, 1.54) is 0 Å². The van der Waals surface area contributed by atoms with Gasteiger partial charge in [0.25, 0.3) is 0 Å². The summed E-state index contributed by atoms with van der Waals surface area (Å²) in [4.78, 5) is 16.6. The van der Waals surface area contributed by atoms with E-state index in [2.05, 4.69) is 37.9 Å². The van der Waals surface area contributed by atoms with Crippen LogP contribution in [0.5, 0.6) is 0 Å². The SMILES string of the molecule is CCC1NC(CC)N(CCCN(CC)CC)C1=O. The molecule has 1 aliphatic rings. The van der Waals surface area contributed by atoms with Crippen LogP contribution in [0, 0.1) is 0 Å². The summed E-state index contributed by atoms with van der Waals surface area (Å²) in [7, 11) is 0. The molecule has 0 saturated carbocycles. The third kappa shape index (κ3) is 3.69. The van der Waals surface area contributed by atoms with Gasteiger partial charge in [0.1, 0.15) is 0 Å². The first-order chi connectivity index (χ1) is 8.67. The summed E-state index contributed by atoms with van der Waals surface area (Å²) in [5, 5.41) is 3.42. The maximum Gasteiger partial charge on any atom is 0.241 e. The van der Waals surface area contributed by atoms with Gasteiger partial charge in [-0.1, -0.05) is 27.7 Å². The fourth-order valence-electron chi connectivity index (χ4n) is 2.65. The summed E-state index contributed by atoms with van der Waals surface area (Å²) in [6, 6.07) is 0.0448. The lowest BCUT2D eigenvalue weighted by molar-refractivity contribution is -0.130. The molecule has 0 aliphatic carbocycles. The van der Waals surface area contributed by atoms with Gasteiger partial charge in [-0.15, -0.1) is 0 Å². The Balaban J connectivity index is 2.42. The quantitative estimate of drug-likeness (QED) is 0.716. The van der Waals surface area contributed by atoms with E-state index in [-0.39, 0.29) is 12.2 Å². The summed E-state index contributed by atoms with van der Waals surface area (Å²) in [5.41, 5.74) is 0. The first-order valence-corrected chi connectivity index (χ1v) is 7.46. The maximum atomic E-state index is 12.2. The van der Waals surface area contributed by atoms with Crippen molar-refractivity contribution in [2.75, 3.05) is 26.2 Å². The van der Waals surface area contributed by atoms with E-state index in [4.69, 9.17) is 0 Å². The van der Waals surface area contributed by atoms with Crippen LogP contribution >= 0.6 is 0 Å². The molecule has 0 spiro atoms. The molecule has 0 bridgehead atoms. The molecular formula is C14H29N3O. The Morgan fingerprint density at radius 3 is 2.33 bits per heavy atom. The highest BCUT2D eigenvalue weighted by molar-refractivity contribution is 5.84. The Morgan fingerprint density at radius 2 is 1.83 bits per heavy atom. The van der Waals surface area contributed by atoms with E-state index in [1.807, 2.05) is 4.90 Å². The second-order valence-electron chi connectivity index (χ2n) is 4.96. The second-order valence-corrected chi connectivity index (χ2v) is 4.96. The van der Waals surface area contributed by atoms with Crippen LogP contribution in [-0.4, -0.2) is 54.1 Å². The minimum absolute atomic E-state index is 0.0448. The first kappa shape index (κ1) is 15.4. The third-order valence-electron chi connectivity index (χ3n) is 3.91. The van der Waals surface area contributed by atoms with E-state index in [0.717, 1.165) is 45.4 Å². The number of hydrogen-bond acceptors (Lipinski definition) is 3. The highest BCUT2D eigenvalue weighted by Crippen LogP contribution is 2.15. The monoisotopic (exact) mass is 255 g/mol. The van der Waals surface area contributed by atoms with Crippen molar-refractivity contribution in [1.82, 2.24) is 15.1 Å². The van der Waals surface area contributed by atoms with Crippen LogP contribution < -0.4 is 5.32 Å².